The minimum absolute atomic E-state index is 0.244. The minimum atomic E-state index is 0.244. The van der Waals surface area contributed by atoms with Gasteiger partial charge in [-0.3, -0.25) is 9.69 Å². The first kappa shape index (κ1) is 15.9. The fraction of sp³-hybridized carbons (Fsp3) is 0.562. The normalized spacial score (nSPS) is 16.6. The molecule has 1 aliphatic heterocycles. The number of carbonyl (C=O) groups is 1. The van der Waals surface area contributed by atoms with E-state index in [0.29, 0.717) is 12.6 Å². The van der Waals surface area contributed by atoms with Gasteiger partial charge < -0.3 is 5.32 Å². The Kier molecular flexibility index (Phi) is 6.45. The summed E-state index contributed by atoms with van der Waals surface area (Å²) in [5.41, 5.74) is 0.834. The van der Waals surface area contributed by atoms with E-state index in [1.165, 1.54) is 3.57 Å². The summed E-state index contributed by atoms with van der Waals surface area (Å²) in [4.78, 5) is 14.8. The molecule has 1 saturated heterocycles. The van der Waals surface area contributed by atoms with Gasteiger partial charge in [-0.05, 0) is 73.6 Å². The fourth-order valence-electron chi connectivity index (χ4n) is 2.76. The highest BCUT2D eigenvalue weighted by molar-refractivity contribution is 14.1. The van der Waals surface area contributed by atoms with Crippen molar-refractivity contribution in [3.63, 3.8) is 0 Å². The molecule has 1 aromatic rings. The first-order valence-electron chi connectivity index (χ1n) is 7.44. The molecule has 1 N–H and O–H groups in total. The standard InChI is InChI=1S/C16H23IN2O/c1-2-11-19(15-7-9-18-10-8-15)12-16(20)13-3-5-14(17)6-4-13/h3-6,15,18H,2,7-12H2,1H3. The molecule has 20 heavy (non-hydrogen) atoms. The van der Waals surface area contributed by atoms with Gasteiger partial charge in [0.15, 0.2) is 5.78 Å². The number of Topliss-reactive ketones (excluding diaryl/α,β-unsaturated/α-hetero) is 1. The van der Waals surface area contributed by atoms with Gasteiger partial charge in [0.05, 0.1) is 6.54 Å². The molecule has 0 aliphatic carbocycles. The zero-order valence-electron chi connectivity index (χ0n) is 12.1. The Morgan fingerprint density at radius 1 is 1.30 bits per heavy atom. The second-order valence-electron chi connectivity index (χ2n) is 5.38. The maximum Gasteiger partial charge on any atom is 0.176 e. The zero-order valence-corrected chi connectivity index (χ0v) is 14.2. The lowest BCUT2D eigenvalue weighted by atomic mass is 10.0. The van der Waals surface area contributed by atoms with Gasteiger partial charge in [0.2, 0.25) is 0 Å². The third kappa shape index (κ3) is 4.53. The number of halogens is 1. The molecule has 1 aromatic carbocycles. The number of rotatable bonds is 6. The van der Waals surface area contributed by atoms with Crippen molar-refractivity contribution in [1.82, 2.24) is 10.2 Å². The van der Waals surface area contributed by atoms with Crippen LogP contribution in [0.5, 0.6) is 0 Å². The zero-order chi connectivity index (χ0) is 14.4. The average molecular weight is 386 g/mol. The first-order valence-corrected chi connectivity index (χ1v) is 8.52. The van der Waals surface area contributed by atoms with Crippen LogP contribution in [0.2, 0.25) is 0 Å². The number of hydrogen-bond donors (Lipinski definition) is 1. The summed E-state index contributed by atoms with van der Waals surface area (Å²) < 4.78 is 1.17. The first-order chi connectivity index (χ1) is 9.70. The molecule has 0 radical (unpaired) electrons. The molecular formula is C16H23IN2O. The fourth-order valence-corrected chi connectivity index (χ4v) is 3.12. The summed E-state index contributed by atoms with van der Waals surface area (Å²) in [6.45, 7) is 5.90. The molecule has 0 saturated carbocycles. The number of piperidine rings is 1. The van der Waals surface area contributed by atoms with Crippen LogP contribution in [0.4, 0.5) is 0 Å². The Hall–Kier alpha value is -0.460. The van der Waals surface area contributed by atoms with Crippen molar-refractivity contribution in [2.75, 3.05) is 26.2 Å². The van der Waals surface area contributed by atoms with E-state index >= 15 is 0 Å². The van der Waals surface area contributed by atoms with Crippen LogP contribution in [-0.4, -0.2) is 42.9 Å². The highest BCUT2D eigenvalue weighted by Crippen LogP contribution is 2.14. The van der Waals surface area contributed by atoms with Crippen LogP contribution in [0.25, 0.3) is 0 Å². The van der Waals surface area contributed by atoms with Crippen LogP contribution in [0, 0.1) is 3.57 Å². The number of carbonyl (C=O) groups excluding carboxylic acids is 1. The van der Waals surface area contributed by atoms with Crippen molar-refractivity contribution in [1.29, 1.82) is 0 Å². The summed E-state index contributed by atoms with van der Waals surface area (Å²) in [6.07, 6.45) is 3.41. The number of nitrogens with zero attached hydrogens (tertiary/aromatic N) is 1. The van der Waals surface area contributed by atoms with Gasteiger partial charge >= 0.3 is 0 Å². The maximum absolute atomic E-state index is 12.4. The van der Waals surface area contributed by atoms with E-state index in [0.717, 1.165) is 44.5 Å². The molecule has 2 rings (SSSR count). The Balaban J connectivity index is 1.99. The van der Waals surface area contributed by atoms with E-state index in [1.54, 1.807) is 0 Å². The molecule has 0 spiro atoms. The van der Waals surface area contributed by atoms with Crippen molar-refractivity contribution >= 4 is 28.4 Å². The number of hydrogen-bond acceptors (Lipinski definition) is 3. The van der Waals surface area contributed by atoms with E-state index in [-0.39, 0.29) is 5.78 Å². The molecule has 0 unspecified atom stereocenters. The molecule has 4 heteroatoms. The average Bonchev–Trinajstić information content (AvgIpc) is 2.48. The summed E-state index contributed by atoms with van der Waals surface area (Å²) >= 11 is 2.27. The van der Waals surface area contributed by atoms with E-state index in [4.69, 9.17) is 0 Å². The van der Waals surface area contributed by atoms with Gasteiger partial charge in [-0.2, -0.15) is 0 Å². The predicted molar refractivity (Wildman–Crippen MR) is 91.2 cm³/mol. The smallest absolute Gasteiger partial charge is 0.176 e. The lowest BCUT2D eigenvalue weighted by Crippen LogP contribution is -2.45. The van der Waals surface area contributed by atoms with Gasteiger partial charge in [0.1, 0.15) is 0 Å². The molecular weight excluding hydrogens is 363 g/mol. The van der Waals surface area contributed by atoms with Gasteiger partial charge in [-0.15, -0.1) is 0 Å². The third-order valence-corrected chi connectivity index (χ3v) is 4.57. The molecule has 3 nitrogen and oxygen atoms in total. The second kappa shape index (κ2) is 8.10. The van der Waals surface area contributed by atoms with E-state index in [1.807, 2.05) is 24.3 Å². The molecule has 1 fully saturated rings. The van der Waals surface area contributed by atoms with E-state index in [9.17, 15) is 4.79 Å². The summed E-state index contributed by atoms with van der Waals surface area (Å²) in [5.74, 6) is 0.244. The van der Waals surface area contributed by atoms with Crippen molar-refractivity contribution in [3.05, 3.63) is 33.4 Å². The van der Waals surface area contributed by atoms with Crippen LogP contribution in [0.1, 0.15) is 36.5 Å². The van der Waals surface area contributed by atoms with E-state index in [2.05, 4.69) is 39.7 Å². The SMILES string of the molecule is CCCN(CC(=O)c1ccc(I)cc1)C1CCNCC1. The second-order valence-corrected chi connectivity index (χ2v) is 6.63. The van der Waals surface area contributed by atoms with Crippen molar-refractivity contribution < 1.29 is 4.79 Å². The Labute approximate surface area is 135 Å². The van der Waals surface area contributed by atoms with Crippen LogP contribution >= 0.6 is 22.6 Å². The lowest BCUT2D eigenvalue weighted by molar-refractivity contribution is 0.0865. The number of ketones is 1. The summed E-state index contributed by atoms with van der Waals surface area (Å²) in [7, 11) is 0. The molecule has 0 amide bonds. The van der Waals surface area contributed by atoms with Gasteiger partial charge in [-0.1, -0.05) is 19.1 Å². The summed E-state index contributed by atoms with van der Waals surface area (Å²) in [6, 6.07) is 8.45. The summed E-state index contributed by atoms with van der Waals surface area (Å²) in [5, 5.41) is 3.39. The monoisotopic (exact) mass is 386 g/mol. The molecule has 0 aromatic heterocycles. The van der Waals surface area contributed by atoms with Crippen LogP contribution in [0.15, 0.2) is 24.3 Å². The number of nitrogens with one attached hydrogen (secondary N) is 1. The van der Waals surface area contributed by atoms with Crippen LogP contribution in [0.3, 0.4) is 0 Å². The number of benzene rings is 1. The highest BCUT2D eigenvalue weighted by atomic mass is 127. The maximum atomic E-state index is 12.4. The quantitative estimate of drug-likeness (QED) is 0.603. The molecule has 0 bridgehead atoms. The minimum Gasteiger partial charge on any atom is -0.317 e. The molecule has 110 valence electrons. The van der Waals surface area contributed by atoms with Crippen molar-refractivity contribution in [2.24, 2.45) is 0 Å². The third-order valence-electron chi connectivity index (χ3n) is 3.85. The van der Waals surface area contributed by atoms with Crippen LogP contribution in [-0.2, 0) is 0 Å². The molecule has 1 heterocycles. The van der Waals surface area contributed by atoms with Crippen molar-refractivity contribution in [2.45, 2.75) is 32.2 Å². The predicted octanol–water partition coefficient (Wildman–Crippen LogP) is 2.94. The molecule has 1 aliphatic rings. The Morgan fingerprint density at radius 2 is 1.95 bits per heavy atom. The van der Waals surface area contributed by atoms with Gasteiger partial charge in [0.25, 0.3) is 0 Å². The van der Waals surface area contributed by atoms with Gasteiger partial charge in [0, 0.05) is 15.2 Å². The molecule has 0 atom stereocenters. The van der Waals surface area contributed by atoms with Crippen molar-refractivity contribution in [3.8, 4) is 0 Å². The Morgan fingerprint density at radius 3 is 2.55 bits per heavy atom. The Bertz CT molecular complexity index is 427. The van der Waals surface area contributed by atoms with E-state index < -0.39 is 0 Å². The van der Waals surface area contributed by atoms with Gasteiger partial charge in [-0.25, -0.2) is 0 Å². The van der Waals surface area contributed by atoms with Crippen LogP contribution < -0.4 is 5.32 Å². The lowest BCUT2D eigenvalue weighted by Gasteiger charge is -2.34. The highest BCUT2D eigenvalue weighted by Gasteiger charge is 2.22. The topological polar surface area (TPSA) is 32.3 Å². The largest absolute Gasteiger partial charge is 0.317 e.